The van der Waals surface area contributed by atoms with Crippen molar-refractivity contribution in [2.45, 2.75) is 52.7 Å². The maximum atomic E-state index is 13.2. The molecular formula is C25H35N3O4. The van der Waals surface area contributed by atoms with E-state index >= 15 is 0 Å². The van der Waals surface area contributed by atoms with Crippen LogP contribution in [-0.4, -0.2) is 50.1 Å². The van der Waals surface area contributed by atoms with Gasteiger partial charge in [-0.2, -0.15) is 0 Å². The van der Waals surface area contributed by atoms with E-state index in [9.17, 15) is 9.59 Å². The normalized spacial score (nSPS) is 16.1. The van der Waals surface area contributed by atoms with Crippen molar-refractivity contribution < 1.29 is 18.7 Å². The number of nitrogens with one attached hydrogen (secondary N) is 1. The number of benzene rings is 1. The van der Waals surface area contributed by atoms with Gasteiger partial charge < -0.3 is 24.3 Å². The summed E-state index contributed by atoms with van der Waals surface area (Å²) in [5.41, 5.74) is 2.57. The molecular weight excluding hydrogens is 406 g/mol. The van der Waals surface area contributed by atoms with Crippen LogP contribution >= 0.6 is 0 Å². The van der Waals surface area contributed by atoms with Crippen molar-refractivity contribution in [3.05, 3.63) is 47.9 Å². The number of nitrogens with zero attached hydrogens (tertiary/aromatic N) is 2. The number of hydrogen-bond acceptors (Lipinski definition) is 5. The summed E-state index contributed by atoms with van der Waals surface area (Å²) in [6.45, 7) is 7.72. The van der Waals surface area contributed by atoms with Crippen LogP contribution in [0.2, 0.25) is 0 Å². The molecule has 1 aromatic heterocycles. The lowest BCUT2D eigenvalue weighted by Gasteiger charge is -2.27. The lowest BCUT2D eigenvalue weighted by Crippen LogP contribution is -2.37. The molecule has 1 fully saturated rings. The van der Waals surface area contributed by atoms with Crippen molar-refractivity contribution >= 4 is 23.2 Å². The van der Waals surface area contributed by atoms with Gasteiger partial charge in [-0.1, -0.05) is 20.8 Å². The molecule has 0 bridgehead atoms. The van der Waals surface area contributed by atoms with Crippen molar-refractivity contribution in [2.24, 2.45) is 5.41 Å². The fourth-order valence-electron chi connectivity index (χ4n) is 3.93. The largest absolute Gasteiger partial charge is 0.459 e. The Morgan fingerprint density at radius 2 is 1.97 bits per heavy atom. The molecule has 0 aliphatic carbocycles. The number of carbonyl (C=O) groups excluding carboxylic acids is 2. The Kier molecular flexibility index (Phi) is 7.61. The maximum Gasteiger partial charge on any atom is 0.289 e. The molecule has 32 heavy (non-hydrogen) atoms. The van der Waals surface area contributed by atoms with Gasteiger partial charge >= 0.3 is 0 Å². The molecule has 1 aliphatic rings. The molecule has 2 aromatic rings. The fourth-order valence-corrected chi connectivity index (χ4v) is 3.93. The van der Waals surface area contributed by atoms with Gasteiger partial charge in [0.15, 0.2) is 5.76 Å². The Balaban J connectivity index is 1.85. The van der Waals surface area contributed by atoms with Crippen LogP contribution in [0.3, 0.4) is 0 Å². The molecule has 2 amide bonds. The second-order valence-electron chi connectivity index (χ2n) is 9.82. The van der Waals surface area contributed by atoms with Crippen LogP contribution in [0, 0.1) is 5.41 Å². The van der Waals surface area contributed by atoms with Gasteiger partial charge in [0.25, 0.3) is 5.91 Å². The predicted molar refractivity (Wildman–Crippen MR) is 126 cm³/mol. The molecule has 0 spiro atoms. The highest BCUT2D eigenvalue weighted by Gasteiger charge is 2.26. The first-order valence-corrected chi connectivity index (χ1v) is 11.2. The summed E-state index contributed by atoms with van der Waals surface area (Å²) in [6, 6.07) is 9.23. The molecule has 3 rings (SSSR count). The number of anilines is 2. The van der Waals surface area contributed by atoms with Crippen molar-refractivity contribution in [3.63, 3.8) is 0 Å². The third kappa shape index (κ3) is 6.60. The zero-order valence-corrected chi connectivity index (χ0v) is 19.8. The Labute approximate surface area is 190 Å². The van der Waals surface area contributed by atoms with E-state index in [1.54, 1.807) is 17.0 Å². The summed E-state index contributed by atoms with van der Waals surface area (Å²) >= 11 is 0. The Hall–Kier alpha value is -2.80. The number of hydrogen-bond donors (Lipinski definition) is 1. The first kappa shape index (κ1) is 23.9. The average molecular weight is 442 g/mol. The standard InChI is InChI=1S/C25H35N3O4/c1-25(2,3)15-23(29)26-19-10-11-21(27(4)5)18(14-19)16-28(17-20-8-6-12-31-20)24(30)22-9-7-13-32-22/h7,9-11,13-14,20H,6,8,12,15-17H2,1-5H3,(H,26,29)/t20-/m1/s1. The second-order valence-corrected chi connectivity index (χ2v) is 9.82. The van der Waals surface area contributed by atoms with Gasteiger partial charge in [0.05, 0.1) is 12.4 Å². The summed E-state index contributed by atoms with van der Waals surface area (Å²) in [5, 5.41) is 3.00. The van der Waals surface area contributed by atoms with Crippen LogP contribution in [0.15, 0.2) is 41.0 Å². The molecule has 174 valence electrons. The van der Waals surface area contributed by atoms with Crippen LogP contribution in [0.4, 0.5) is 11.4 Å². The van der Waals surface area contributed by atoms with E-state index in [2.05, 4.69) is 5.32 Å². The highest BCUT2D eigenvalue weighted by molar-refractivity contribution is 5.92. The lowest BCUT2D eigenvalue weighted by molar-refractivity contribution is -0.117. The minimum absolute atomic E-state index is 0.0198. The van der Waals surface area contributed by atoms with E-state index in [0.717, 1.165) is 36.4 Å². The summed E-state index contributed by atoms with van der Waals surface area (Å²) < 4.78 is 11.2. The number of rotatable bonds is 8. The van der Waals surface area contributed by atoms with Gasteiger partial charge in [-0.15, -0.1) is 0 Å². The second kappa shape index (κ2) is 10.2. The third-order valence-corrected chi connectivity index (χ3v) is 5.36. The van der Waals surface area contributed by atoms with Crippen molar-refractivity contribution in [3.8, 4) is 0 Å². The molecule has 1 saturated heterocycles. The molecule has 1 atom stereocenters. The molecule has 7 nitrogen and oxygen atoms in total. The van der Waals surface area contributed by atoms with E-state index in [-0.39, 0.29) is 23.3 Å². The Bertz CT molecular complexity index is 910. The quantitative estimate of drug-likeness (QED) is 0.651. The topological polar surface area (TPSA) is 75.0 Å². The molecule has 1 aliphatic heterocycles. The monoisotopic (exact) mass is 441 g/mol. The SMILES string of the molecule is CN(C)c1ccc(NC(=O)CC(C)(C)C)cc1CN(C[C@H]1CCCO1)C(=O)c1ccco1. The third-order valence-electron chi connectivity index (χ3n) is 5.36. The van der Waals surface area contributed by atoms with Gasteiger partial charge in [0.1, 0.15) is 0 Å². The summed E-state index contributed by atoms with van der Waals surface area (Å²) in [4.78, 5) is 29.4. The zero-order valence-electron chi connectivity index (χ0n) is 19.8. The van der Waals surface area contributed by atoms with Crippen LogP contribution < -0.4 is 10.2 Å². The van der Waals surface area contributed by atoms with Crippen LogP contribution in [0.1, 0.15) is 56.2 Å². The Morgan fingerprint density at radius 3 is 2.56 bits per heavy atom. The predicted octanol–water partition coefficient (Wildman–Crippen LogP) is 4.54. The van der Waals surface area contributed by atoms with E-state index in [1.165, 1.54) is 6.26 Å². The molecule has 0 saturated carbocycles. The average Bonchev–Trinajstić information content (AvgIpc) is 3.39. The molecule has 7 heteroatoms. The lowest BCUT2D eigenvalue weighted by atomic mass is 9.92. The summed E-state index contributed by atoms with van der Waals surface area (Å²) in [6.07, 6.45) is 3.90. The molecule has 2 heterocycles. The summed E-state index contributed by atoms with van der Waals surface area (Å²) in [5.74, 6) is 0.116. The number of ether oxygens (including phenoxy) is 1. The number of amides is 2. The molecule has 0 radical (unpaired) electrons. The van der Waals surface area contributed by atoms with Crippen LogP contribution in [-0.2, 0) is 16.1 Å². The zero-order chi connectivity index (χ0) is 23.3. The summed E-state index contributed by atoms with van der Waals surface area (Å²) in [7, 11) is 3.94. The Morgan fingerprint density at radius 1 is 1.19 bits per heavy atom. The van der Waals surface area contributed by atoms with Gasteiger partial charge in [-0.05, 0) is 54.2 Å². The van der Waals surface area contributed by atoms with Gasteiger partial charge in [0.2, 0.25) is 5.91 Å². The fraction of sp³-hybridized carbons (Fsp3) is 0.520. The van der Waals surface area contributed by atoms with Crippen LogP contribution in [0.25, 0.3) is 0 Å². The van der Waals surface area contributed by atoms with Crippen molar-refractivity contribution in [2.75, 3.05) is 37.5 Å². The molecule has 0 unspecified atom stereocenters. The number of furan rings is 1. The van der Waals surface area contributed by atoms with E-state index in [0.29, 0.717) is 25.3 Å². The van der Waals surface area contributed by atoms with E-state index in [4.69, 9.17) is 9.15 Å². The first-order valence-electron chi connectivity index (χ1n) is 11.2. The van der Waals surface area contributed by atoms with Gasteiger partial charge in [-0.25, -0.2) is 0 Å². The van der Waals surface area contributed by atoms with Gasteiger partial charge in [0, 0.05) is 51.6 Å². The highest BCUT2D eigenvalue weighted by atomic mass is 16.5. The van der Waals surface area contributed by atoms with E-state index in [1.807, 2.05) is 58.0 Å². The van der Waals surface area contributed by atoms with Crippen molar-refractivity contribution in [1.82, 2.24) is 4.90 Å². The molecule has 1 aromatic carbocycles. The van der Waals surface area contributed by atoms with Crippen molar-refractivity contribution in [1.29, 1.82) is 0 Å². The first-order chi connectivity index (χ1) is 15.1. The van der Waals surface area contributed by atoms with Crippen LogP contribution in [0.5, 0.6) is 0 Å². The highest BCUT2D eigenvalue weighted by Crippen LogP contribution is 2.27. The minimum atomic E-state index is -0.169. The number of carbonyl (C=O) groups is 2. The maximum absolute atomic E-state index is 13.2. The smallest absolute Gasteiger partial charge is 0.289 e. The van der Waals surface area contributed by atoms with Gasteiger partial charge in [-0.3, -0.25) is 9.59 Å². The molecule has 1 N–H and O–H groups in total. The minimum Gasteiger partial charge on any atom is -0.459 e. The van der Waals surface area contributed by atoms with E-state index < -0.39 is 0 Å².